The van der Waals surface area contributed by atoms with Crippen LogP contribution in [0.3, 0.4) is 0 Å². The Bertz CT molecular complexity index is 488. The highest BCUT2D eigenvalue weighted by Gasteiger charge is 2.29. The zero-order valence-corrected chi connectivity index (χ0v) is 13.7. The third-order valence-electron chi connectivity index (χ3n) is 4.88. The lowest BCUT2D eigenvalue weighted by molar-refractivity contribution is -0.127. The first-order chi connectivity index (χ1) is 11.3. The van der Waals surface area contributed by atoms with Crippen LogP contribution in [-0.4, -0.2) is 36.6 Å². The van der Waals surface area contributed by atoms with Crippen molar-refractivity contribution in [1.82, 2.24) is 15.6 Å². The zero-order valence-electron chi connectivity index (χ0n) is 13.7. The maximum atomic E-state index is 12.5. The van der Waals surface area contributed by atoms with E-state index in [1.165, 1.54) is 19.3 Å². The summed E-state index contributed by atoms with van der Waals surface area (Å²) in [6.45, 7) is 2.32. The highest BCUT2D eigenvalue weighted by atomic mass is 16.5. The standard InChI is InChI=1S/C18H27N3O2/c22-18(21-16-5-2-1-3-6-16)15-9-14(10-20-11-15)13-23-17-7-4-8-19-12-17/h4,7-8,12,14-16,20H,1-3,5-6,9-11,13H2,(H,21,22)/t14-,15+/m0/s1. The van der Waals surface area contributed by atoms with Gasteiger partial charge in [-0.05, 0) is 31.4 Å². The van der Waals surface area contributed by atoms with Crippen molar-refractivity contribution in [3.8, 4) is 5.75 Å². The molecular weight excluding hydrogens is 290 g/mol. The molecule has 126 valence electrons. The third-order valence-corrected chi connectivity index (χ3v) is 4.88. The summed E-state index contributed by atoms with van der Waals surface area (Å²) in [5.74, 6) is 1.44. The van der Waals surface area contributed by atoms with Crippen LogP contribution in [0.5, 0.6) is 5.75 Å². The Morgan fingerprint density at radius 3 is 2.96 bits per heavy atom. The van der Waals surface area contributed by atoms with E-state index in [0.717, 1.165) is 38.1 Å². The van der Waals surface area contributed by atoms with E-state index in [-0.39, 0.29) is 11.8 Å². The highest BCUT2D eigenvalue weighted by molar-refractivity contribution is 5.79. The van der Waals surface area contributed by atoms with Crippen LogP contribution in [0, 0.1) is 11.8 Å². The molecule has 2 N–H and O–H groups in total. The van der Waals surface area contributed by atoms with Gasteiger partial charge in [0, 0.05) is 31.2 Å². The van der Waals surface area contributed by atoms with Crippen LogP contribution in [-0.2, 0) is 4.79 Å². The monoisotopic (exact) mass is 317 g/mol. The predicted molar refractivity (Wildman–Crippen MR) is 89.2 cm³/mol. The van der Waals surface area contributed by atoms with Crippen molar-refractivity contribution in [3.05, 3.63) is 24.5 Å². The van der Waals surface area contributed by atoms with Gasteiger partial charge in [-0.15, -0.1) is 0 Å². The number of amides is 1. The largest absolute Gasteiger partial charge is 0.492 e. The Kier molecular flexibility index (Phi) is 5.86. The number of aromatic nitrogens is 1. The molecule has 5 heteroatoms. The molecule has 0 radical (unpaired) electrons. The first-order valence-corrected chi connectivity index (χ1v) is 8.85. The Balaban J connectivity index is 1.44. The van der Waals surface area contributed by atoms with E-state index in [4.69, 9.17) is 4.74 Å². The number of ether oxygens (including phenoxy) is 1. The van der Waals surface area contributed by atoms with Gasteiger partial charge in [-0.3, -0.25) is 9.78 Å². The van der Waals surface area contributed by atoms with Crippen molar-refractivity contribution in [1.29, 1.82) is 0 Å². The summed E-state index contributed by atoms with van der Waals surface area (Å²) in [6, 6.07) is 4.18. The summed E-state index contributed by atoms with van der Waals surface area (Å²) in [6.07, 6.45) is 10.4. The molecular formula is C18H27N3O2. The molecule has 2 fully saturated rings. The predicted octanol–water partition coefficient (Wildman–Crippen LogP) is 2.13. The average molecular weight is 317 g/mol. The molecule has 0 bridgehead atoms. The Labute approximate surface area is 138 Å². The van der Waals surface area contributed by atoms with E-state index >= 15 is 0 Å². The summed E-state index contributed by atoms with van der Waals surface area (Å²) in [7, 11) is 0. The van der Waals surface area contributed by atoms with Crippen LogP contribution < -0.4 is 15.4 Å². The maximum Gasteiger partial charge on any atom is 0.224 e. The summed E-state index contributed by atoms with van der Waals surface area (Å²) in [5.41, 5.74) is 0. The van der Waals surface area contributed by atoms with Gasteiger partial charge in [0.05, 0.1) is 18.7 Å². The molecule has 3 rings (SSSR count). The molecule has 23 heavy (non-hydrogen) atoms. The Morgan fingerprint density at radius 1 is 1.30 bits per heavy atom. The van der Waals surface area contributed by atoms with Crippen LogP contribution in [0.25, 0.3) is 0 Å². The number of piperidine rings is 1. The minimum Gasteiger partial charge on any atom is -0.492 e. The lowest BCUT2D eigenvalue weighted by Crippen LogP contribution is -2.48. The van der Waals surface area contributed by atoms with Gasteiger partial charge < -0.3 is 15.4 Å². The fourth-order valence-corrected chi connectivity index (χ4v) is 3.57. The molecule has 0 aromatic carbocycles. The first kappa shape index (κ1) is 16.2. The van der Waals surface area contributed by atoms with Gasteiger partial charge in [-0.1, -0.05) is 19.3 Å². The van der Waals surface area contributed by atoms with Gasteiger partial charge in [-0.2, -0.15) is 0 Å². The second kappa shape index (κ2) is 8.29. The summed E-state index contributed by atoms with van der Waals surface area (Å²) in [5, 5.41) is 6.64. The smallest absolute Gasteiger partial charge is 0.224 e. The van der Waals surface area contributed by atoms with Crippen molar-refractivity contribution in [2.75, 3.05) is 19.7 Å². The van der Waals surface area contributed by atoms with Crippen LogP contribution in [0.2, 0.25) is 0 Å². The molecule has 1 saturated heterocycles. The van der Waals surface area contributed by atoms with E-state index in [1.807, 2.05) is 12.1 Å². The first-order valence-electron chi connectivity index (χ1n) is 8.85. The van der Waals surface area contributed by atoms with Gasteiger partial charge in [0.15, 0.2) is 0 Å². The van der Waals surface area contributed by atoms with E-state index in [1.54, 1.807) is 12.4 Å². The van der Waals surface area contributed by atoms with Crippen LogP contribution in [0.15, 0.2) is 24.5 Å². The molecule has 5 nitrogen and oxygen atoms in total. The minimum absolute atomic E-state index is 0.0631. The van der Waals surface area contributed by atoms with Crippen molar-refractivity contribution >= 4 is 5.91 Å². The number of nitrogens with zero attached hydrogens (tertiary/aromatic N) is 1. The summed E-state index contributed by atoms with van der Waals surface area (Å²) >= 11 is 0. The summed E-state index contributed by atoms with van der Waals surface area (Å²) < 4.78 is 5.79. The number of rotatable bonds is 5. The van der Waals surface area contributed by atoms with Crippen molar-refractivity contribution in [2.45, 2.75) is 44.6 Å². The number of carbonyl (C=O) groups excluding carboxylic acids is 1. The molecule has 1 aliphatic heterocycles. The SMILES string of the molecule is O=C(NC1CCCCC1)[C@H]1CNC[C@@H](COc2cccnc2)C1. The zero-order chi connectivity index (χ0) is 15.9. The van der Waals surface area contributed by atoms with Gasteiger partial charge in [0.2, 0.25) is 5.91 Å². The maximum absolute atomic E-state index is 12.5. The molecule has 0 unspecified atom stereocenters. The molecule has 2 heterocycles. The van der Waals surface area contributed by atoms with E-state index in [2.05, 4.69) is 15.6 Å². The number of pyridine rings is 1. The lowest BCUT2D eigenvalue weighted by atomic mass is 9.89. The molecule has 1 aromatic rings. The second-order valence-corrected chi connectivity index (χ2v) is 6.80. The lowest BCUT2D eigenvalue weighted by Gasteiger charge is -2.31. The minimum atomic E-state index is 0.0631. The molecule has 1 aromatic heterocycles. The van der Waals surface area contributed by atoms with Gasteiger partial charge >= 0.3 is 0 Å². The number of nitrogens with one attached hydrogen (secondary N) is 2. The fraction of sp³-hybridized carbons (Fsp3) is 0.667. The number of hydrogen-bond donors (Lipinski definition) is 2. The third kappa shape index (κ3) is 4.93. The second-order valence-electron chi connectivity index (χ2n) is 6.80. The van der Waals surface area contributed by atoms with Gasteiger partial charge in [-0.25, -0.2) is 0 Å². The van der Waals surface area contributed by atoms with Crippen LogP contribution in [0.4, 0.5) is 0 Å². The van der Waals surface area contributed by atoms with Crippen molar-refractivity contribution in [3.63, 3.8) is 0 Å². The van der Waals surface area contributed by atoms with Gasteiger partial charge in [0.1, 0.15) is 5.75 Å². The number of hydrogen-bond acceptors (Lipinski definition) is 4. The molecule has 1 saturated carbocycles. The van der Waals surface area contributed by atoms with Crippen molar-refractivity contribution in [2.24, 2.45) is 11.8 Å². The molecule has 1 amide bonds. The normalized spacial score (nSPS) is 25.7. The van der Waals surface area contributed by atoms with E-state index in [9.17, 15) is 4.79 Å². The fourth-order valence-electron chi connectivity index (χ4n) is 3.57. The van der Waals surface area contributed by atoms with Gasteiger partial charge in [0.25, 0.3) is 0 Å². The summed E-state index contributed by atoms with van der Waals surface area (Å²) in [4.78, 5) is 16.5. The Hall–Kier alpha value is -1.62. The number of carbonyl (C=O) groups is 1. The van der Waals surface area contributed by atoms with Crippen LogP contribution >= 0.6 is 0 Å². The quantitative estimate of drug-likeness (QED) is 0.873. The topological polar surface area (TPSA) is 63.2 Å². The molecule has 1 aliphatic carbocycles. The molecule has 2 atom stereocenters. The van der Waals surface area contributed by atoms with E-state index < -0.39 is 0 Å². The Morgan fingerprint density at radius 2 is 2.17 bits per heavy atom. The van der Waals surface area contributed by atoms with Crippen LogP contribution in [0.1, 0.15) is 38.5 Å². The van der Waals surface area contributed by atoms with E-state index in [0.29, 0.717) is 18.6 Å². The molecule has 0 spiro atoms. The van der Waals surface area contributed by atoms with Crippen molar-refractivity contribution < 1.29 is 9.53 Å². The highest BCUT2D eigenvalue weighted by Crippen LogP contribution is 2.21. The average Bonchev–Trinajstić information content (AvgIpc) is 2.62. The molecule has 2 aliphatic rings.